The number of aromatic nitrogens is 3. The van der Waals surface area contributed by atoms with E-state index in [9.17, 15) is 12.8 Å². The minimum Gasteiger partial charge on any atom is -0.275 e. The summed E-state index contributed by atoms with van der Waals surface area (Å²) in [4.78, 5) is 3.91. The normalized spacial score (nSPS) is 11.6. The zero-order chi connectivity index (χ0) is 17.2. The Hall–Kier alpha value is -2.58. The van der Waals surface area contributed by atoms with Crippen molar-refractivity contribution in [2.24, 2.45) is 7.05 Å². The van der Waals surface area contributed by atoms with Gasteiger partial charge in [-0.3, -0.25) is 9.67 Å². The Morgan fingerprint density at radius 3 is 2.71 bits per heavy atom. The molecule has 0 radical (unpaired) electrons. The summed E-state index contributed by atoms with van der Waals surface area (Å²) in [6, 6.07) is 8.73. The van der Waals surface area contributed by atoms with Crippen LogP contribution < -0.4 is 4.72 Å². The molecule has 0 spiro atoms. The summed E-state index contributed by atoms with van der Waals surface area (Å²) in [6.07, 6.45) is 5.06. The zero-order valence-electron chi connectivity index (χ0n) is 12.8. The first kappa shape index (κ1) is 16.3. The average molecular weight is 346 g/mol. The van der Waals surface area contributed by atoms with E-state index in [1.807, 2.05) is 0 Å². The Labute approximate surface area is 139 Å². The summed E-state index contributed by atoms with van der Waals surface area (Å²) in [6.45, 7) is -0.00522. The van der Waals surface area contributed by atoms with Crippen molar-refractivity contribution in [3.63, 3.8) is 0 Å². The number of hydrogen-bond donors (Lipinski definition) is 1. The number of halogens is 1. The van der Waals surface area contributed by atoms with Crippen molar-refractivity contribution in [3.05, 3.63) is 66.4 Å². The molecule has 1 aromatic carbocycles. The van der Waals surface area contributed by atoms with Crippen LogP contribution in [0.25, 0.3) is 11.3 Å². The summed E-state index contributed by atoms with van der Waals surface area (Å²) in [5, 5.41) is 4.09. The van der Waals surface area contributed by atoms with E-state index in [1.165, 1.54) is 18.2 Å². The second-order valence-corrected chi connectivity index (χ2v) is 6.90. The molecule has 0 fully saturated rings. The summed E-state index contributed by atoms with van der Waals surface area (Å²) in [7, 11) is -2.17. The first-order chi connectivity index (χ1) is 11.5. The molecule has 2 aromatic heterocycles. The molecular weight excluding hydrogens is 331 g/mol. The van der Waals surface area contributed by atoms with Crippen molar-refractivity contribution in [2.75, 3.05) is 0 Å². The summed E-state index contributed by atoms with van der Waals surface area (Å²) < 4.78 is 42.3. The maximum absolute atomic E-state index is 13.7. The number of sulfonamides is 1. The molecule has 6 nitrogen and oxygen atoms in total. The molecule has 1 N–H and O–H groups in total. The molecule has 0 atom stereocenters. The van der Waals surface area contributed by atoms with E-state index < -0.39 is 15.8 Å². The lowest BCUT2D eigenvalue weighted by Gasteiger charge is -2.10. The fraction of sp³-hybridized carbons (Fsp3) is 0.125. The van der Waals surface area contributed by atoms with Gasteiger partial charge in [-0.1, -0.05) is 18.2 Å². The zero-order valence-corrected chi connectivity index (χ0v) is 13.7. The quantitative estimate of drug-likeness (QED) is 0.767. The van der Waals surface area contributed by atoms with E-state index in [0.29, 0.717) is 11.3 Å². The van der Waals surface area contributed by atoms with Crippen molar-refractivity contribution >= 4 is 10.0 Å². The predicted octanol–water partition coefficient (Wildman–Crippen LogP) is 2.10. The van der Waals surface area contributed by atoms with E-state index in [-0.39, 0.29) is 11.4 Å². The summed E-state index contributed by atoms with van der Waals surface area (Å²) in [5.41, 5.74) is 2.07. The van der Waals surface area contributed by atoms with Gasteiger partial charge in [-0.05, 0) is 23.8 Å². The Kier molecular flexibility index (Phi) is 4.41. The topological polar surface area (TPSA) is 76.9 Å². The van der Waals surface area contributed by atoms with Crippen LogP contribution in [0.4, 0.5) is 4.39 Å². The van der Waals surface area contributed by atoms with Crippen LogP contribution in [0.3, 0.4) is 0 Å². The highest BCUT2D eigenvalue weighted by atomic mass is 32.2. The van der Waals surface area contributed by atoms with Crippen LogP contribution in [-0.2, 0) is 23.6 Å². The molecule has 3 rings (SSSR count). The maximum Gasteiger partial charge on any atom is 0.243 e. The van der Waals surface area contributed by atoms with Gasteiger partial charge in [0.05, 0.1) is 11.9 Å². The average Bonchev–Trinajstić information content (AvgIpc) is 3.00. The molecule has 0 saturated carbocycles. The highest BCUT2D eigenvalue weighted by Crippen LogP contribution is 2.21. The molecule has 0 amide bonds. The van der Waals surface area contributed by atoms with E-state index >= 15 is 0 Å². The molecule has 124 valence electrons. The molecule has 0 aliphatic rings. The molecule has 24 heavy (non-hydrogen) atoms. The van der Waals surface area contributed by atoms with Crippen molar-refractivity contribution in [2.45, 2.75) is 11.4 Å². The smallest absolute Gasteiger partial charge is 0.243 e. The third kappa shape index (κ3) is 3.34. The summed E-state index contributed by atoms with van der Waals surface area (Å²) >= 11 is 0. The molecular formula is C16H15FN4O2S. The van der Waals surface area contributed by atoms with Gasteiger partial charge < -0.3 is 0 Å². The van der Waals surface area contributed by atoms with Crippen LogP contribution in [-0.4, -0.2) is 23.2 Å². The highest BCUT2D eigenvalue weighted by molar-refractivity contribution is 7.89. The Balaban J connectivity index is 1.87. The van der Waals surface area contributed by atoms with Crippen LogP contribution in [0.5, 0.6) is 0 Å². The van der Waals surface area contributed by atoms with Crippen LogP contribution in [0.15, 0.2) is 59.9 Å². The van der Waals surface area contributed by atoms with Gasteiger partial charge in [0.15, 0.2) is 0 Å². The largest absolute Gasteiger partial charge is 0.275 e. The number of aryl methyl sites for hydroxylation is 1. The van der Waals surface area contributed by atoms with Gasteiger partial charge in [-0.15, -0.1) is 0 Å². The molecule has 0 bridgehead atoms. The maximum atomic E-state index is 13.7. The second kappa shape index (κ2) is 6.50. The molecule has 0 aliphatic carbocycles. The number of rotatable bonds is 5. The monoisotopic (exact) mass is 346 g/mol. The van der Waals surface area contributed by atoms with E-state index in [4.69, 9.17) is 0 Å². The lowest BCUT2D eigenvalue weighted by Crippen LogP contribution is -2.24. The van der Waals surface area contributed by atoms with Crippen LogP contribution >= 0.6 is 0 Å². The molecule has 8 heteroatoms. The van der Waals surface area contributed by atoms with Crippen molar-refractivity contribution < 1.29 is 12.8 Å². The number of pyridine rings is 1. The van der Waals surface area contributed by atoms with E-state index in [0.717, 1.165) is 11.6 Å². The lowest BCUT2D eigenvalue weighted by atomic mass is 10.1. The van der Waals surface area contributed by atoms with E-state index in [2.05, 4.69) is 14.8 Å². The Morgan fingerprint density at radius 2 is 2.00 bits per heavy atom. The third-order valence-corrected chi connectivity index (χ3v) is 4.88. The first-order valence-corrected chi connectivity index (χ1v) is 8.63. The third-order valence-electron chi connectivity index (χ3n) is 3.45. The Bertz CT molecular complexity index is 969. The molecule has 0 saturated heterocycles. The van der Waals surface area contributed by atoms with Crippen molar-refractivity contribution in [3.8, 4) is 11.3 Å². The second-order valence-electron chi connectivity index (χ2n) is 5.17. The van der Waals surface area contributed by atoms with Crippen LogP contribution in [0.2, 0.25) is 0 Å². The van der Waals surface area contributed by atoms with Gasteiger partial charge in [-0.2, -0.15) is 5.10 Å². The van der Waals surface area contributed by atoms with Gasteiger partial charge in [0.2, 0.25) is 10.0 Å². The molecule has 3 aromatic rings. The van der Waals surface area contributed by atoms with Gasteiger partial charge in [-0.25, -0.2) is 17.5 Å². The predicted molar refractivity (Wildman–Crippen MR) is 86.9 cm³/mol. The molecule has 0 unspecified atom stereocenters. The fourth-order valence-electron chi connectivity index (χ4n) is 2.30. The van der Waals surface area contributed by atoms with Crippen LogP contribution in [0, 0.1) is 5.82 Å². The van der Waals surface area contributed by atoms with E-state index in [1.54, 1.807) is 42.5 Å². The number of hydrogen-bond acceptors (Lipinski definition) is 4. The lowest BCUT2D eigenvalue weighted by molar-refractivity contribution is 0.557. The number of nitrogens with one attached hydrogen (secondary N) is 1. The van der Waals surface area contributed by atoms with Gasteiger partial charge in [0.1, 0.15) is 10.7 Å². The van der Waals surface area contributed by atoms with Crippen LogP contribution in [0.1, 0.15) is 5.56 Å². The molecule has 2 heterocycles. The summed E-state index contributed by atoms with van der Waals surface area (Å²) in [5.74, 6) is -0.788. The SMILES string of the molecule is Cn1cc(-c2ncccc2CNS(=O)(=O)c2ccccc2F)cn1. The highest BCUT2D eigenvalue weighted by Gasteiger charge is 2.19. The van der Waals surface area contributed by atoms with Gasteiger partial charge >= 0.3 is 0 Å². The minimum atomic E-state index is -3.96. The molecule has 0 aliphatic heterocycles. The number of nitrogens with zero attached hydrogens (tertiary/aromatic N) is 3. The Morgan fingerprint density at radius 1 is 1.21 bits per heavy atom. The standard InChI is InChI=1S/C16H15FN4O2S/c1-21-11-13(9-19-21)16-12(5-4-8-18-16)10-20-24(22,23)15-7-3-2-6-14(15)17/h2-9,11,20H,10H2,1H3. The van der Waals surface area contributed by atoms with Crippen molar-refractivity contribution in [1.82, 2.24) is 19.5 Å². The number of benzene rings is 1. The van der Waals surface area contributed by atoms with Gasteiger partial charge in [0, 0.05) is 31.5 Å². The minimum absolute atomic E-state index is 0.00522. The fourth-order valence-corrected chi connectivity index (χ4v) is 3.38. The van der Waals surface area contributed by atoms with Crippen molar-refractivity contribution in [1.29, 1.82) is 0 Å². The first-order valence-electron chi connectivity index (χ1n) is 7.14. The van der Waals surface area contributed by atoms with Gasteiger partial charge in [0.25, 0.3) is 0 Å².